The minimum Gasteiger partial charge on any atom is -0.335 e. The third kappa shape index (κ3) is 2.96. The van der Waals surface area contributed by atoms with Gasteiger partial charge < -0.3 is 10.6 Å². The Hall–Kier alpha value is -0.580. The van der Waals surface area contributed by atoms with Crippen molar-refractivity contribution in [3.05, 3.63) is 22.4 Å². The highest BCUT2D eigenvalue weighted by Gasteiger charge is 2.36. The van der Waals surface area contributed by atoms with Crippen LogP contribution in [0, 0.1) is 5.92 Å². The molecule has 3 atom stereocenters. The minimum atomic E-state index is 0. The van der Waals surface area contributed by atoms with E-state index in [1.807, 2.05) is 0 Å². The third-order valence-electron chi connectivity index (χ3n) is 4.29. The summed E-state index contributed by atoms with van der Waals surface area (Å²) >= 11 is 1.71. The van der Waals surface area contributed by atoms with Gasteiger partial charge >= 0.3 is 0 Å². The van der Waals surface area contributed by atoms with Crippen LogP contribution < -0.4 is 5.73 Å². The fraction of sp³-hybridized carbons (Fsp3) is 0.643. The maximum absolute atomic E-state index is 12.6. The molecule has 3 nitrogen and oxygen atoms in total. The first kappa shape index (κ1) is 14.8. The maximum atomic E-state index is 12.6. The third-order valence-corrected chi connectivity index (χ3v) is 4.99. The maximum Gasteiger partial charge on any atom is 0.226 e. The lowest BCUT2D eigenvalue weighted by atomic mass is 10.0. The van der Waals surface area contributed by atoms with E-state index in [-0.39, 0.29) is 24.4 Å². The fourth-order valence-corrected chi connectivity index (χ4v) is 4.02. The van der Waals surface area contributed by atoms with E-state index in [1.165, 1.54) is 5.56 Å². The van der Waals surface area contributed by atoms with Crippen LogP contribution in [0.15, 0.2) is 16.8 Å². The first-order valence-electron chi connectivity index (χ1n) is 6.84. The molecule has 1 aliphatic heterocycles. The highest BCUT2D eigenvalue weighted by Crippen LogP contribution is 2.36. The van der Waals surface area contributed by atoms with Gasteiger partial charge in [-0.05, 0) is 54.5 Å². The number of halogens is 1. The Morgan fingerprint density at radius 3 is 2.84 bits per heavy atom. The van der Waals surface area contributed by atoms with Gasteiger partial charge in [-0.15, -0.1) is 12.4 Å². The smallest absolute Gasteiger partial charge is 0.226 e. The van der Waals surface area contributed by atoms with Crippen molar-refractivity contribution in [1.82, 2.24) is 4.90 Å². The minimum absolute atomic E-state index is 0. The fourth-order valence-electron chi connectivity index (χ4n) is 3.32. The van der Waals surface area contributed by atoms with Gasteiger partial charge in [0.25, 0.3) is 0 Å². The molecule has 1 saturated heterocycles. The molecule has 0 spiro atoms. The Bertz CT molecular complexity index is 423. The molecule has 1 aliphatic carbocycles. The molecule has 2 heterocycles. The number of likely N-dealkylation sites (tertiary alicyclic amines) is 1. The van der Waals surface area contributed by atoms with E-state index in [0.29, 0.717) is 11.9 Å². The zero-order chi connectivity index (χ0) is 12.5. The van der Waals surface area contributed by atoms with Crippen LogP contribution >= 0.6 is 23.7 Å². The second kappa shape index (κ2) is 6.25. The summed E-state index contributed by atoms with van der Waals surface area (Å²) in [5.74, 6) is 0.524. The van der Waals surface area contributed by atoms with Gasteiger partial charge in [0.2, 0.25) is 5.91 Å². The van der Waals surface area contributed by atoms with Gasteiger partial charge in [0.1, 0.15) is 0 Å². The van der Waals surface area contributed by atoms with Crippen LogP contribution in [0.1, 0.15) is 43.7 Å². The SMILES string of the molecule is Cl.NC1CCC(C(=O)N2CCCC2c2ccsc2)C1. The Kier molecular flexibility index (Phi) is 4.87. The van der Waals surface area contributed by atoms with E-state index < -0.39 is 0 Å². The van der Waals surface area contributed by atoms with Crippen molar-refractivity contribution in [2.45, 2.75) is 44.2 Å². The number of nitrogens with two attached hydrogens (primary N) is 1. The van der Waals surface area contributed by atoms with E-state index >= 15 is 0 Å². The van der Waals surface area contributed by atoms with Gasteiger partial charge in [0.05, 0.1) is 6.04 Å². The quantitative estimate of drug-likeness (QED) is 0.913. The summed E-state index contributed by atoms with van der Waals surface area (Å²) in [6.07, 6.45) is 5.11. The van der Waals surface area contributed by atoms with Crippen LogP contribution in [-0.2, 0) is 4.79 Å². The molecule has 0 bridgehead atoms. The zero-order valence-electron chi connectivity index (χ0n) is 11.0. The first-order chi connectivity index (χ1) is 8.75. The molecule has 3 unspecified atom stereocenters. The molecule has 3 rings (SSSR count). The van der Waals surface area contributed by atoms with Crippen LogP contribution in [0.2, 0.25) is 0 Å². The standard InChI is InChI=1S/C14H20N2OS.ClH/c15-12-4-3-10(8-12)14(17)16-6-1-2-13(16)11-5-7-18-9-11;/h5,7,9-10,12-13H,1-4,6,8,15H2;1H. The monoisotopic (exact) mass is 300 g/mol. The molecular weight excluding hydrogens is 280 g/mol. The molecule has 19 heavy (non-hydrogen) atoms. The number of thiophene rings is 1. The van der Waals surface area contributed by atoms with E-state index in [4.69, 9.17) is 5.73 Å². The Morgan fingerprint density at radius 1 is 1.37 bits per heavy atom. The van der Waals surface area contributed by atoms with Gasteiger partial charge in [-0.1, -0.05) is 0 Å². The van der Waals surface area contributed by atoms with Crippen molar-refractivity contribution in [2.24, 2.45) is 11.7 Å². The summed E-state index contributed by atoms with van der Waals surface area (Å²) < 4.78 is 0. The molecule has 0 radical (unpaired) electrons. The molecule has 5 heteroatoms. The molecule has 106 valence electrons. The Balaban J connectivity index is 0.00000133. The van der Waals surface area contributed by atoms with E-state index in [1.54, 1.807) is 11.3 Å². The van der Waals surface area contributed by atoms with Crippen molar-refractivity contribution in [3.63, 3.8) is 0 Å². The Labute approximate surface area is 124 Å². The number of carbonyl (C=O) groups excluding carboxylic acids is 1. The molecular formula is C14H21ClN2OS. The lowest BCUT2D eigenvalue weighted by Crippen LogP contribution is -2.35. The van der Waals surface area contributed by atoms with E-state index in [9.17, 15) is 4.79 Å². The first-order valence-corrected chi connectivity index (χ1v) is 7.78. The van der Waals surface area contributed by atoms with Crippen molar-refractivity contribution >= 4 is 29.7 Å². The predicted molar refractivity (Wildman–Crippen MR) is 80.6 cm³/mol. The predicted octanol–water partition coefficient (Wildman–Crippen LogP) is 2.96. The van der Waals surface area contributed by atoms with E-state index in [2.05, 4.69) is 21.7 Å². The zero-order valence-corrected chi connectivity index (χ0v) is 12.6. The van der Waals surface area contributed by atoms with Crippen LogP contribution in [0.4, 0.5) is 0 Å². The van der Waals surface area contributed by atoms with Gasteiger partial charge in [-0.2, -0.15) is 11.3 Å². The molecule has 2 fully saturated rings. The normalized spacial score (nSPS) is 30.4. The number of amides is 1. The lowest BCUT2D eigenvalue weighted by molar-refractivity contribution is -0.136. The second-order valence-electron chi connectivity index (χ2n) is 5.52. The van der Waals surface area contributed by atoms with E-state index in [0.717, 1.165) is 38.6 Å². The topological polar surface area (TPSA) is 46.3 Å². The summed E-state index contributed by atoms with van der Waals surface area (Å²) in [6.45, 7) is 0.922. The van der Waals surface area contributed by atoms with Gasteiger partial charge in [0, 0.05) is 18.5 Å². The number of nitrogens with zero attached hydrogens (tertiary/aromatic N) is 1. The number of hydrogen-bond donors (Lipinski definition) is 1. The van der Waals surface area contributed by atoms with Crippen molar-refractivity contribution < 1.29 is 4.79 Å². The molecule has 1 saturated carbocycles. The number of rotatable bonds is 2. The number of hydrogen-bond acceptors (Lipinski definition) is 3. The summed E-state index contributed by atoms with van der Waals surface area (Å²) in [7, 11) is 0. The van der Waals surface area contributed by atoms with Gasteiger partial charge in [0.15, 0.2) is 0 Å². The van der Waals surface area contributed by atoms with Crippen LogP contribution in [0.3, 0.4) is 0 Å². The van der Waals surface area contributed by atoms with Crippen molar-refractivity contribution in [2.75, 3.05) is 6.54 Å². The lowest BCUT2D eigenvalue weighted by Gasteiger charge is -2.27. The Morgan fingerprint density at radius 2 is 2.21 bits per heavy atom. The highest BCUT2D eigenvalue weighted by molar-refractivity contribution is 7.07. The molecule has 2 aliphatic rings. The molecule has 0 aromatic carbocycles. The van der Waals surface area contributed by atoms with Crippen LogP contribution in [0.25, 0.3) is 0 Å². The average Bonchev–Trinajstić information content (AvgIpc) is 3.08. The molecule has 1 aromatic rings. The highest BCUT2D eigenvalue weighted by atomic mass is 35.5. The van der Waals surface area contributed by atoms with Crippen LogP contribution in [-0.4, -0.2) is 23.4 Å². The van der Waals surface area contributed by atoms with Crippen molar-refractivity contribution in [3.8, 4) is 0 Å². The van der Waals surface area contributed by atoms with Crippen molar-refractivity contribution in [1.29, 1.82) is 0 Å². The number of carbonyl (C=O) groups is 1. The van der Waals surface area contributed by atoms with Gasteiger partial charge in [-0.3, -0.25) is 4.79 Å². The molecule has 2 N–H and O–H groups in total. The summed E-state index contributed by atoms with van der Waals surface area (Å²) in [6, 6.07) is 2.71. The summed E-state index contributed by atoms with van der Waals surface area (Å²) in [4.78, 5) is 14.7. The van der Waals surface area contributed by atoms with Crippen LogP contribution in [0.5, 0.6) is 0 Å². The molecule has 1 amide bonds. The largest absolute Gasteiger partial charge is 0.335 e. The second-order valence-corrected chi connectivity index (χ2v) is 6.30. The summed E-state index contributed by atoms with van der Waals surface area (Å²) in [5, 5.41) is 4.28. The average molecular weight is 301 g/mol. The van der Waals surface area contributed by atoms with Gasteiger partial charge in [-0.25, -0.2) is 0 Å². The molecule has 1 aromatic heterocycles. The summed E-state index contributed by atoms with van der Waals surface area (Å²) in [5.41, 5.74) is 7.23.